The maximum atomic E-state index is 14.0. The normalized spacial score (nSPS) is 18.6. The van der Waals surface area contributed by atoms with Crippen LogP contribution >= 0.6 is 12.4 Å². The molecule has 0 saturated carbocycles. The number of ether oxygens (including phenoxy) is 2. The van der Waals surface area contributed by atoms with Crippen LogP contribution in [0.15, 0.2) is 58.5 Å². The summed E-state index contributed by atoms with van der Waals surface area (Å²) in [5, 5.41) is 3.36. The van der Waals surface area contributed by atoms with Gasteiger partial charge in [-0.05, 0) is 49.4 Å². The molecule has 2 aromatic rings. The van der Waals surface area contributed by atoms with E-state index in [1.54, 1.807) is 6.07 Å². The first-order chi connectivity index (χ1) is 14.6. The highest BCUT2D eigenvalue weighted by molar-refractivity contribution is 6.06. The van der Waals surface area contributed by atoms with E-state index < -0.39 is 6.29 Å². The summed E-state index contributed by atoms with van der Waals surface area (Å²) in [6.07, 6.45) is -0.597. The van der Waals surface area contributed by atoms with Crippen LogP contribution < -0.4 is 20.7 Å². The third-order valence-electron chi connectivity index (χ3n) is 4.77. The predicted molar refractivity (Wildman–Crippen MR) is 123 cm³/mol. The molecule has 2 aliphatic heterocycles. The number of hydrogen-bond donors (Lipinski definition) is 2. The molecule has 10 heteroatoms. The molecule has 1 atom stereocenters. The van der Waals surface area contributed by atoms with E-state index in [9.17, 15) is 4.39 Å². The van der Waals surface area contributed by atoms with Gasteiger partial charge in [0.05, 0.1) is 25.5 Å². The number of nitrogens with one attached hydrogen (secondary N) is 1. The van der Waals surface area contributed by atoms with Crippen molar-refractivity contribution in [3.63, 3.8) is 0 Å². The van der Waals surface area contributed by atoms with Crippen molar-refractivity contribution in [2.75, 3.05) is 43.1 Å². The van der Waals surface area contributed by atoms with Gasteiger partial charge in [-0.25, -0.2) is 9.38 Å². The van der Waals surface area contributed by atoms with E-state index in [1.165, 1.54) is 12.1 Å². The van der Waals surface area contributed by atoms with Crippen LogP contribution in [0.4, 0.5) is 15.8 Å². The Balaban J connectivity index is 0.00000272. The molecular formula is C21H26ClFN6O2. The topological polar surface area (TPSA) is 87.7 Å². The molecule has 31 heavy (non-hydrogen) atoms. The number of aliphatic imine (C=N–C) groups is 2. The number of morpholine rings is 1. The summed E-state index contributed by atoms with van der Waals surface area (Å²) in [6.45, 7) is 5.04. The molecule has 2 aliphatic rings. The van der Waals surface area contributed by atoms with Gasteiger partial charge in [0.1, 0.15) is 11.6 Å². The van der Waals surface area contributed by atoms with Gasteiger partial charge in [0, 0.05) is 18.8 Å². The fourth-order valence-electron chi connectivity index (χ4n) is 3.41. The third kappa shape index (κ3) is 5.36. The Morgan fingerprint density at radius 1 is 1.19 bits per heavy atom. The second-order valence-corrected chi connectivity index (χ2v) is 6.82. The van der Waals surface area contributed by atoms with Crippen molar-refractivity contribution in [1.29, 1.82) is 0 Å². The second kappa shape index (κ2) is 10.3. The maximum Gasteiger partial charge on any atom is 0.222 e. The summed E-state index contributed by atoms with van der Waals surface area (Å²) < 4.78 is 25.0. The van der Waals surface area contributed by atoms with E-state index >= 15 is 0 Å². The number of guanidine groups is 2. The van der Waals surface area contributed by atoms with Crippen molar-refractivity contribution < 1.29 is 13.9 Å². The zero-order valence-electron chi connectivity index (χ0n) is 17.2. The van der Waals surface area contributed by atoms with Crippen LogP contribution in [-0.2, 0) is 4.74 Å². The number of nitrogens with two attached hydrogens (primary N) is 1. The Hall–Kier alpha value is -3.04. The van der Waals surface area contributed by atoms with Gasteiger partial charge in [0.25, 0.3) is 0 Å². The standard InChI is InChI=1S/C21H25FN6O2.ClH/c1-2-30-18-8-6-16(7-9-18)24-20-25-19(23)26-21(27-10-12-29-13-11-27)28(20)17-5-3-4-15(22)14-17;/h3-9,14,20,24H,2,10-13H2,1H3,(H2,23,25);1H. The molecule has 0 radical (unpaired) electrons. The number of nitrogens with zero attached hydrogens (tertiary/aromatic N) is 4. The van der Waals surface area contributed by atoms with Gasteiger partial charge >= 0.3 is 0 Å². The number of halogens is 2. The molecule has 8 nitrogen and oxygen atoms in total. The maximum absolute atomic E-state index is 14.0. The first kappa shape index (κ1) is 22.6. The van der Waals surface area contributed by atoms with Crippen LogP contribution in [0.2, 0.25) is 0 Å². The summed E-state index contributed by atoms with van der Waals surface area (Å²) in [4.78, 5) is 12.9. The molecule has 2 heterocycles. The summed E-state index contributed by atoms with van der Waals surface area (Å²) >= 11 is 0. The van der Waals surface area contributed by atoms with Crippen LogP contribution in [0.5, 0.6) is 5.75 Å². The highest BCUT2D eigenvalue weighted by Crippen LogP contribution is 2.26. The number of benzene rings is 2. The number of rotatable bonds is 5. The molecule has 1 fully saturated rings. The molecule has 166 valence electrons. The number of anilines is 2. The molecule has 0 bridgehead atoms. The van der Waals surface area contributed by atoms with E-state index in [0.717, 1.165) is 11.4 Å². The van der Waals surface area contributed by atoms with Crippen molar-refractivity contribution >= 4 is 35.7 Å². The van der Waals surface area contributed by atoms with Gasteiger partial charge in [0.15, 0.2) is 0 Å². The van der Waals surface area contributed by atoms with Crippen LogP contribution in [0.1, 0.15) is 6.92 Å². The van der Waals surface area contributed by atoms with E-state index in [4.69, 9.17) is 15.2 Å². The molecular weight excluding hydrogens is 423 g/mol. The first-order valence-corrected chi connectivity index (χ1v) is 9.93. The van der Waals surface area contributed by atoms with E-state index in [2.05, 4.69) is 20.2 Å². The van der Waals surface area contributed by atoms with Crippen molar-refractivity contribution in [2.45, 2.75) is 13.2 Å². The minimum atomic E-state index is -0.597. The van der Waals surface area contributed by atoms with Gasteiger partial charge in [-0.15, -0.1) is 12.4 Å². The summed E-state index contributed by atoms with van der Waals surface area (Å²) in [5.41, 5.74) is 7.50. The van der Waals surface area contributed by atoms with E-state index in [1.807, 2.05) is 42.2 Å². The van der Waals surface area contributed by atoms with Crippen LogP contribution in [0.25, 0.3) is 0 Å². The van der Waals surface area contributed by atoms with Crippen molar-refractivity contribution in [3.8, 4) is 5.75 Å². The molecule has 0 aliphatic carbocycles. The monoisotopic (exact) mass is 448 g/mol. The Morgan fingerprint density at radius 2 is 1.94 bits per heavy atom. The molecule has 0 aromatic heterocycles. The van der Waals surface area contributed by atoms with Crippen LogP contribution in [0, 0.1) is 5.82 Å². The largest absolute Gasteiger partial charge is 0.494 e. The minimum absolute atomic E-state index is 0. The Labute approximate surface area is 187 Å². The zero-order valence-corrected chi connectivity index (χ0v) is 18.0. The molecule has 1 saturated heterocycles. The van der Waals surface area contributed by atoms with Crippen molar-refractivity contribution in [2.24, 2.45) is 15.7 Å². The third-order valence-corrected chi connectivity index (χ3v) is 4.77. The lowest BCUT2D eigenvalue weighted by atomic mass is 10.2. The summed E-state index contributed by atoms with van der Waals surface area (Å²) in [5.74, 6) is 1.22. The number of hydrogen-bond acceptors (Lipinski definition) is 8. The van der Waals surface area contributed by atoms with Crippen molar-refractivity contribution in [3.05, 3.63) is 54.3 Å². The Bertz CT molecular complexity index is 934. The average molecular weight is 449 g/mol. The zero-order chi connectivity index (χ0) is 20.9. The molecule has 1 unspecified atom stereocenters. The SMILES string of the molecule is CCOc1ccc(NC2N=C(N)N=C(N3CCOCC3)N2c2cccc(F)c2)cc1.Cl. The Kier molecular flexibility index (Phi) is 7.54. The summed E-state index contributed by atoms with van der Waals surface area (Å²) in [7, 11) is 0. The highest BCUT2D eigenvalue weighted by Gasteiger charge is 2.32. The van der Waals surface area contributed by atoms with Gasteiger partial charge in [-0.1, -0.05) is 6.07 Å². The lowest BCUT2D eigenvalue weighted by Gasteiger charge is -2.41. The molecule has 4 rings (SSSR count). The second-order valence-electron chi connectivity index (χ2n) is 6.82. The quantitative estimate of drug-likeness (QED) is 0.731. The fraction of sp³-hybridized carbons (Fsp3) is 0.333. The van der Waals surface area contributed by atoms with E-state index in [0.29, 0.717) is 44.6 Å². The lowest BCUT2D eigenvalue weighted by Crippen LogP contribution is -2.57. The average Bonchev–Trinajstić information content (AvgIpc) is 2.75. The van der Waals surface area contributed by atoms with Gasteiger partial charge in [-0.2, -0.15) is 4.99 Å². The Morgan fingerprint density at radius 3 is 2.61 bits per heavy atom. The van der Waals surface area contributed by atoms with Crippen molar-refractivity contribution in [1.82, 2.24) is 4.90 Å². The molecule has 0 spiro atoms. The first-order valence-electron chi connectivity index (χ1n) is 9.93. The predicted octanol–water partition coefficient (Wildman–Crippen LogP) is 2.86. The minimum Gasteiger partial charge on any atom is -0.494 e. The van der Waals surface area contributed by atoms with Gasteiger partial charge in [-0.3, -0.25) is 4.90 Å². The molecule has 0 amide bonds. The lowest BCUT2D eigenvalue weighted by molar-refractivity contribution is 0.0671. The smallest absolute Gasteiger partial charge is 0.222 e. The van der Waals surface area contributed by atoms with Crippen LogP contribution in [0.3, 0.4) is 0 Å². The fourth-order valence-corrected chi connectivity index (χ4v) is 3.41. The van der Waals surface area contributed by atoms with Crippen LogP contribution in [-0.4, -0.2) is 56.0 Å². The summed E-state index contributed by atoms with van der Waals surface area (Å²) in [6, 6.07) is 13.9. The van der Waals surface area contributed by atoms with Gasteiger partial charge < -0.3 is 25.4 Å². The molecule has 3 N–H and O–H groups in total. The highest BCUT2D eigenvalue weighted by atomic mass is 35.5. The van der Waals surface area contributed by atoms with E-state index in [-0.39, 0.29) is 24.2 Å². The van der Waals surface area contributed by atoms with Gasteiger partial charge in [0.2, 0.25) is 18.2 Å². The molecule has 2 aromatic carbocycles.